The summed E-state index contributed by atoms with van der Waals surface area (Å²) in [6.07, 6.45) is 1.81. The molecule has 4 N–H and O–H groups in total. The Hall–Kier alpha value is -2.91. The monoisotopic (exact) mass is 386 g/mol. The van der Waals surface area contributed by atoms with Crippen molar-refractivity contribution in [3.8, 4) is 11.5 Å². The molecule has 2 aromatic heterocycles. The van der Waals surface area contributed by atoms with Gasteiger partial charge in [-0.15, -0.1) is 5.10 Å². The third kappa shape index (κ3) is 3.85. The van der Waals surface area contributed by atoms with Crippen molar-refractivity contribution >= 4 is 22.5 Å². The van der Waals surface area contributed by atoms with Gasteiger partial charge in [-0.1, -0.05) is 18.6 Å². The van der Waals surface area contributed by atoms with Crippen LogP contribution in [0.2, 0.25) is 0 Å². The third-order valence-electron chi connectivity index (χ3n) is 4.53. The minimum absolute atomic E-state index is 0.0306. The van der Waals surface area contributed by atoms with Gasteiger partial charge in [-0.3, -0.25) is 0 Å². The molecule has 0 amide bonds. The van der Waals surface area contributed by atoms with Gasteiger partial charge in [0.25, 0.3) is 0 Å². The van der Waals surface area contributed by atoms with Crippen molar-refractivity contribution < 1.29 is 14.7 Å². The number of rotatable bonds is 8. The smallest absolute Gasteiger partial charge is 0.161 e. The van der Waals surface area contributed by atoms with E-state index < -0.39 is 0 Å². The Morgan fingerprint density at radius 3 is 2.75 bits per heavy atom. The van der Waals surface area contributed by atoms with E-state index >= 15 is 0 Å². The van der Waals surface area contributed by atoms with Crippen LogP contribution in [0.15, 0.2) is 18.2 Å². The van der Waals surface area contributed by atoms with Crippen LogP contribution in [0.4, 0.5) is 11.5 Å². The maximum absolute atomic E-state index is 10.4. The standard InChI is InChI=1S/C19H26N6O3/c1-5-6-13(10-28-20)25-14-9-12(3)21-19(17(14)23-24-25)22-18-15(26)7-11(2)8-16(18)27-4/h7-9,13,26H,5-6,10,20H2,1-4H3,(H,21,22). The average molecular weight is 386 g/mol. The van der Waals surface area contributed by atoms with Gasteiger partial charge in [0.05, 0.1) is 25.3 Å². The lowest BCUT2D eigenvalue weighted by Gasteiger charge is -2.16. The second kappa shape index (κ2) is 8.41. The van der Waals surface area contributed by atoms with Gasteiger partial charge in [0.2, 0.25) is 0 Å². The van der Waals surface area contributed by atoms with Crippen molar-refractivity contribution in [1.29, 1.82) is 0 Å². The molecule has 1 atom stereocenters. The predicted molar refractivity (Wildman–Crippen MR) is 107 cm³/mol. The van der Waals surface area contributed by atoms with E-state index in [1.54, 1.807) is 13.2 Å². The van der Waals surface area contributed by atoms with E-state index in [0.717, 1.165) is 29.6 Å². The van der Waals surface area contributed by atoms with Crippen LogP contribution in [0.1, 0.15) is 37.1 Å². The molecular formula is C19H26N6O3. The van der Waals surface area contributed by atoms with Crippen LogP contribution >= 0.6 is 0 Å². The first-order chi connectivity index (χ1) is 13.5. The lowest BCUT2D eigenvalue weighted by atomic mass is 10.1. The Balaban J connectivity index is 2.09. The van der Waals surface area contributed by atoms with E-state index in [-0.39, 0.29) is 11.8 Å². The van der Waals surface area contributed by atoms with Crippen molar-refractivity contribution in [2.75, 3.05) is 19.0 Å². The van der Waals surface area contributed by atoms with Gasteiger partial charge in [0.15, 0.2) is 11.3 Å². The number of methoxy groups -OCH3 is 1. The number of aromatic nitrogens is 4. The number of hydrogen-bond acceptors (Lipinski definition) is 8. The largest absolute Gasteiger partial charge is 0.506 e. The van der Waals surface area contributed by atoms with Crippen LogP contribution in [0.3, 0.4) is 0 Å². The van der Waals surface area contributed by atoms with Gasteiger partial charge >= 0.3 is 0 Å². The maximum atomic E-state index is 10.4. The Bertz CT molecular complexity index is 966. The second-order valence-electron chi connectivity index (χ2n) is 6.78. The molecular weight excluding hydrogens is 360 g/mol. The van der Waals surface area contributed by atoms with E-state index in [9.17, 15) is 5.11 Å². The van der Waals surface area contributed by atoms with Gasteiger partial charge in [-0.2, -0.15) is 0 Å². The molecule has 0 spiro atoms. The number of phenolic OH excluding ortho intramolecular Hbond substituents is 1. The molecule has 0 saturated carbocycles. The highest BCUT2D eigenvalue weighted by molar-refractivity contribution is 5.89. The molecule has 0 radical (unpaired) electrons. The maximum Gasteiger partial charge on any atom is 0.161 e. The van der Waals surface area contributed by atoms with Gasteiger partial charge in [-0.05, 0) is 44.0 Å². The van der Waals surface area contributed by atoms with E-state index in [1.165, 1.54) is 0 Å². The summed E-state index contributed by atoms with van der Waals surface area (Å²) in [4.78, 5) is 9.42. The van der Waals surface area contributed by atoms with E-state index in [0.29, 0.717) is 29.4 Å². The lowest BCUT2D eigenvalue weighted by Crippen LogP contribution is -2.19. The number of ether oxygens (including phenoxy) is 1. The number of aromatic hydroxyl groups is 1. The first-order valence-corrected chi connectivity index (χ1v) is 9.17. The number of nitrogens with zero attached hydrogens (tertiary/aromatic N) is 4. The van der Waals surface area contributed by atoms with Gasteiger partial charge in [-0.25, -0.2) is 15.6 Å². The van der Waals surface area contributed by atoms with Crippen LogP contribution < -0.4 is 16.0 Å². The summed E-state index contributed by atoms with van der Waals surface area (Å²) >= 11 is 0. The molecule has 0 fully saturated rings. The van der Waals surface area contributed by atoms with Crippen molar-refractivity contribution in [1.82, 2.24) is 20.0 Å². The highest BCUT2D eigenvalue weighted by Gasteiger charge is 2.20. The summed E-state index contributed by atoms with van der Waals surface area (Å²) in [6.45, 7) is 6.20. The summed E-state index contributed by atoms with van der Waals surface area (Å²) in [5.41, 5.74) is 3.50. The minimum atomic E-state index is -0.0306. The quantitative estimate of drug-likeness (QED) is 0.399. The zero-order chi connectivity index (χ0) is 20.3. The molecule has 0 aliphatic heterocycles. The molecule has 0 aliphatic rings. The van der Waals surface area contributed by atoms with Crippen molar-refractivity contribution in [2.45, 2.75) is 39.7 Å². The van der Waals surface area contributed by atoms with Crippen LogP contribution in [0.5, 0.6) is 11.5 Å². The van der Waals surface area contributed by atoms with E-state index in [1.807, 2.05) is 30.7 Å². The van der Waals surface area contributed by atoms with Gasteiger partial charge in [0.1, 0.15) is 17.2 Å². The molecule has 0 saturated heterocycles. The first kappa shape index (κ1) is 19.8. The number of benzene rings is 1. The molecule has 150 valence electrons. The van der Waals surface area contributed by atoms with Gasteiger partial charge < -0.3 is 20.0 Å². The number of fused-ring (bicyclic) bond motifs is 1. The fourth-order valence-corrected chi connectivity index (χ4v) is 3.28. The zero-order valence-corrected chi connectivity index (χ0v) is 16.6. The fraction of sp³-hybridized carbons (Fsp3) is 0.421. The number of hydrogen-bond donors (Lipinski definition) is 3. The normalized spacial score (nSPS) is 12.3. The SMILES string of the molecule is CCCC(CON)n1nnc2c(Nc3c(O)cc(C)cc3OC)nc(C)cc21. The molecule has 2 heterocycles. The Morgan fingerprint density at radius 1 is 1.29 bits per heavy atom. The summed E-state index contributed by atoms with van der Waals surface area (Å²) in [5.74, 6) is 6.38. The molecule has 0 bridgehead atoms. The Labute approximate surface area is 163 Å². The highest BCUT2D eigenvalue weighted by atomic mass is 16.6. The Morgan fingerprint density at radius 2 is 2.07 bits per heavy atom. The summed E-state index contributed by atoms with van der Waals surface area (Å²) in [6, 6.07) is 5.38. The lowest BCUT2D eigenvalue weighted by molar-refractivity contribution is 0.0974. The molecule has 9 nitrogen and oxygen atoms in total. The molecule has 0 aliphatic carbocycles. The number of nitrogens with two attached hydrogens (primary N) is 1. The number of aryl methyl sites for hydroxylation is 2. The molecule has 9 heteroatoms. The highest BCUT2D eigenvalue weighted by Crippen LogP contribution is 2.38. The van der Waals surface area contributed by atoms with E-state index in [2.05, 4.69) is 27.5 Å². The summed E-state index contributed by atoms with van der Waals surface area (Å²) < 4.78 is 7.22. The predicted octanol–water partition coefficient (Wildman–Crippen LogP) is 3.13. The molecule has 1 aromatic carbocycles. The zero-order valence-electron chi connectivity index (χ0n) is 16.6. The van der Waals surface area contributed by atoms with Crippen LogP contribution in [-0.4, -0.2) is 38.8 Å². The molecule has 1 unspecified atom stereocenters. The number of pyridine rings is 1. The van der Waals surface area contributed by atoms with Crippen LogP contribution in [0, 0.1) is 13.8 Å². The van der Waals surface area contributed by atoms with Crippen molar-refractivity contribution in [3.05, 3.63) is 29.5 Å². The van der Waals surface area contributed by atoms with Crippen LogP contribution in [0.25, 0.3) is 11.0 Å². The van der Waals surface area contributed by atoms with Crippen molar-refractivity contribution in [3.63, 3.8) is 0 Å². The fourth-order valence-electron chi connectivity index (χ4n) is 3.28. The van der Waals surface area contributed by atoms with Crippen molar-refractivity contribution in [2.24, 2.45) is 5.90 Å². The van der Waals surface area contributed by atoms with Gasteiger partial charge in [0, 0.05) is 5.69 Å². The first-order valence-electron chi connectivity index (χ1n) is 9.17. The molecule has 28 heavy (non-hydrogen) atoms. The minimum Gasteiger partial charge on any atom is -0.506 e. The Kier molecular flexibility index (Phi) is 5.96. The number of anilines is 2. The van der Waals surface area contributed by atoms with Crippen LogP contribution in [-0.2, 0) is 4.84 Å². The number of nitrogens with one attached hydrogen (secondary N) is 1. The summed E-state index contributed by atoms with van der Waals surface area (Å²) in [7, 11) is 1.55. The third-order valence-corrected chi connectivity index (χ3v) is 4.53. The average Bonchev–Trinajstić information content (AvgIpc) is 3.07. The number of phenols is 1. The van der Waals surface area contributed by atoms with E-state index in [4.69, 9.17) is 15.5 Å². The molecule has 3 rings (SSSR count). The topological polar surface area (TPSA) is 120 Å². The second-order valence-corrected chi connectivity index (χ2v) is 6.78. The molecule has 3 aromatic rings. The summed E-state index contributed by atoms with van der Waals surface area (Å²) in [5, 5.41) is 22.2.